The molecule has 0 unspecified atom stereocenters. The molecule has 1 fully saturated rings. The van der Waals surface area contributed by atoms with Crippen molar-refractivity contribution in [3.63, 3.8) is 0 Å². The standard InChI is InChI=1S/C13H19N3O2/c1-2-15(10-6-3-4-7-10)12-9-5-8-11(14)13(12)16(17)18/h5,8-10H,2-4,6-7,14H2,1H3. The molecule has 0 aliphatic heterocycles. The Morgan fingerprint density at radius 1 is 1.44 bits per heavy atom. The smallest absolute Gasteiger partial charge is 0.315 e. The van der Waals surface area contributed by atoms with Crippen LogP contribution < -0.4 is 10.6 Å². The molecule has 2 N–H and O–H groups in total. The minimum absolute atomic E-state index is 0.0475. The highest BCUT2D eigenvalue weighted by Crippen LogP contribution is 2.37. The van der Waals surface area contributed by atoms with Gasteiger partial charge in [-0.05, 0) is 31.9 Å². The fourth-order valence-corrected chi connectivity index (χ4v) is 2.82. The van der Waals surface area contributed by atoms with Crippen LogP contribution in [0.5, 0.6) is 0 Å². The van der Waals surface area contributed by atoms with Crippen molar-refractivity contribution in [3.8, 4) is 0 Å². The number of nitrogens with zero attached hydrogens (tertiary/aromatic N) is 2. The average molecular weight is 249 g/mol. The monoisotopic (exact) mass is 249 g/mol. The molecule has 1 aliphatic carbocycles. The SMILES string of the molecule is CCN(c1cccc(N)c1[N+](=O)[O-])C1CCCC1. The van der Waals surface area contributed by atoms with E-state index in [0.717, 1.165) is 19.4 Å². The number of nitro groups is 1. The van der Waals surface area contributed by atoms with Gasteiger partial charge in [0.05, 0.1) is 4.92 Å². The van der Waals surface area contributed by atoms with Crippen LogP contribution >= 0.6 is 0 Å². The number of benzene rings is 1. The molecule has 1 aliphatic rings. The van der Waals surface area contributed by atoms with Crippen molar-refractivity contribution in [2.45, 2.75) is 38.6 Å². The summed E-state index contributed by atoms with van der Waals surface area (Å²) in [5.74, 6) is 0. The first-order valence-electron chi connectivity index (χ1n) is 6.44. The molecule has 1 aromatic rings. The first-order chi connectivity index (χ1) is 8.65. The minimum atomic E-state index is -0.373. The lowest BCUT2D eigenvalue weighted by molar-refractivity contribution is -0.383. The number of hydrogen-bond acceptors (Lipinski definition) is 4. The maximum absolute atomic E-state index is 11.2. The van der Waals surface area contributed by atoms with Crippen molar-refractivity contribution in [1.82, 2.24) is 0 Å². The number of para-hydroxylation sites is 1. The highest BCUT2D eigenvalue weighted by Gasteiger charge is 2.28. The van der Waals surface area contributed by atoms with E-state index in [0.29, 0.717) is 11.7 Å². The van der Waals surface area contributed by atoms with Crippen LogP contribution in [-0.4, -0.2) is 17.5 Å². The summed E-state index contributed by atoms with van der Waals surface area (Å²) in [5.41, 5.74) is 6.70. The Hall–Kier alpha value is -1.78. The summed E-state index contributed by atoms with van der Waals surface area (Å²) in [7, 11) is 0. The quantitative estimate of drug-likeness (QED) is 0.506. The zero-order valence-corrected chi connectivity index (χ0v) is 10.6. The Morgan fingerprint density at radius 3 is 2.67 bits per heavy atom. The topological polar surface area (TPSA) is 72.4 Å². The van der Waals surface area contributed by atoms with E-state index in [9.17, 15) is 10.1 Å². The molecule has 5 heteroatoms. The Morgan fingerprint density at radius 2 is 2.11 bits per heavy atom. The molecule has 98 valence electrons. The van der Waals surface area contributed by atoms with Crippen molar-refractivity contribution in [1.29, 1.82) is 0 Å². The third-order valence-corrected chi connectivity index (χ3v) is 3.64. The van der Waals surface area contributed by atoms with E-state index in [1.807, 2.05) is 6.92 Å². The number of hydrogen-bond donors (Lipinski definition) is 1. The predicted molar refractivity (Wildman–Crippen MR) is 72.8 cm³/mol. The minimum Gasteiger partial charge on any atom is -0.393 e. The molecule has 0 bridgehead atoms. The van der Waals surface area contributed by atoms with Gasteiger partial charge in [0.1, 0.15) is 11.4 Å². The second-order valence-corrected chi connectivity index (χ2v) is 4.70. The molecular weight excluding hydrogens is 230 g/mol. The molecule has 0 amide bonds. The Kier molecular flexibility index (Phi) is 3.69. The van der Waals surface area contributed by atoms with E-state index in [1.54, 1.807) is 18.2 Å². The van der Waals surface area contributed by atoms with Gasteiger partial charge in [-0.2, -0.15) is 0 Å². The maximum Gasteiger partial charge on any atom is 0.315 e. The fourth-order valence-electron chi connectivity index (χ4n) is 2.82. The van der Waals surface area contributed by atoms with Crippen LogP contribution in [-0.2, 0) is 0 Å². The van der Waals surface area contributed by atoms with Gasteiger partial charge in [0.15, 0.2) is 0 Å². The fraction of sp³-hybridized carbons (Fsp3) is 0.538. The van der Waals surface area contributed by atoms with Crippen molar-refractivity contribution in [3.05, 3.63) is 28.3 Å². The van der Waals surface area contributed by atoms with Crippen molar-refractivity contribution in [2.24, 2.45) is 0 Å². The zero-order chi connectivity index (χ0) is 13.1. The van der Waals surface area contributed by atoms with Crippen LogP contribution in [0.25, 0.3) is 0 Å². The summed E-state index contributed by atoms with van der Waals surface area (Å²) in [5, 5.41) is 11.2. The van der Waals surface area contributed by atoms with Crippen LogP contribution in [0, 0.1) is 10.1 Å². The molecule has 1 saturated carbocycles. The number of nitro benzene ring substituents is 1. The Bertz CT molecular complexity index is 442. The van der Waals surface area contributed by atoms with Gasteiger partial charge >= 0.3 is 5.69 Å². The first kappa shape index (κ1) is 12.7. The van der Waals surface area contributed by atoms with Crippen LogP contribution in [0.15, 0.2) is 18.2 Å². The molecule has 0 atom stereocenters. The summed E-state index contributed by atoms with van der Waals surface area (Å²) < 4.78 is 0. The Labute approximate surface area is 107 Å². The number of anilines is 2. The van der Waals surface area contributed by atoms with Gasteiger partial charge in [0.2, 0.25) is 0 Å². The lowest BCUT2D eigenvalue weighted by Crippen LogP contribution is -2.33. The molecular formula is C13H19N3O2. The molecule has 0 spiro atoms. The van der Waals surface area contributed by atoms with Crippen LogP contribution in [0.2, 0.25) is 0 Å². The molecule has 0 heterocycles. The molecule has 5 nitrogen and oxygen atoms in total. The number of nitrogen functional groups attached to an aromatic ring is 1. The number of rotatable bonds is 4. The van der Waals surface area contributed by atoms with E-state index in [2.05, 4.69) is 4.90 Å². The summed E-state index contributed by atoms with van der Waals surface area (Å²) in [4.78, 5) is 12.9. The van der Waals surface area contributed by atoms with Crippen LogP contribution in [0.3, 0.4) is 0 Å². The van der Waals surface area contributed by atoms with Gasteiger partial charge in [-0.1, -0.05) is 18.9 Å². The Balaban J connectivity index is 2.41. The maximum atomic E-state index is 11.2. The predicted octanol–water partition coefficient (Wildman–Crippen LogP) is 2.95. The van der Waals surface area contributed by atoms with Crippen molar-refractivity contribution in [2.75, 3.05) is 17.2 Å². The second-order valence-electron chi connectivity index (χ2n) is 4.70. The normalized spacial score (nSPS) is 15.8. The molecule has 0 saturated heterocycles. The zero-order valence-electron chi connectivity index (χ0n) is 10.6. The van der Waals surface area contributed by atoms with E-state index in [-0.39, 0.29) is 16.3 Å². The largest absolute Gasteiger partial charge is 0.393 e. The van der Waals surface area contributed by atoms with E-state index >= 15 is 0 Å². The summed E-state index contributed by atoms with van der Waals surface area (Å²) in [6.45, 7) is 2.81. The number of nitrogens with two attached hydrogens (primary N) is 1. The van der Waals surface area contributed by atoms with Gasteiger partial charge in [-0.25, -0.2) is 0 Å². The van der Waals surface area contributed by atoms with Gasteiger partial charge in [0, 0.05) is 12.6 Å². The molecule has 2 rings (SSSR count). The summed E-state index contributed by atoms with van der Waals surface area (Å²) in [6.07, 6.45) is 4.63. The first-order valence-corrected chi connectivity index (χ1v) is 6.44. The summed E-state index contributed by atoms with van der Waals surface area (Å²) in [6, 6.07) is 5.59. The third kappa shape index (κ3) is 2.25. The van der Waals surface area contributed by atoms with E-state index in [1.165, 1.54) is 12.8 Å². The van der Waals surface area contributed by atoms with Crippen LogP contribution in [0.1, 0.15) is 32.6 Å². The van der Waals surface area contributed by atoms with E-state index in [4.69, 9.17) is 5.73 Å². The lowest BCUT2D eigenvalue weighted by atomic mass is 10.1. The highest BCUT2D eigenvalue weighted by molar-refractivity contribution is 5.75. The highest BCUT2D eigenvalue weighted by atomic mass is 16.6. The lowest BCUT2D eigenvalue weighted by Gasteiger charge is -2.29. The van der Waals surface area contributed by atoms with Gasteiger partial charge in [-0.3, -0.25) is 10.1 Å². The van der Waals surface area contributed by atoms with Gasteiger partial charge in [-0.15, -0.1) is 0 Å². The van der Waals surface area contributed by atoms with Crippen LogP contribution in [0.4, 0.5) is 17.1 Å². The van der Waals surface area contributed by atoms with Gasteiger partial charge in [0.25, 0.3) is 0 Å². The molecule has 1 aromatic carbocycles. The van der Waals surface area contributed by atoms with Crippen molar-refractivity contribution >= 4 is 17.1 Å². The molecule has 0 aromatic heterocycles. The third-order valence-electron chi connectivity index (χ3n) is 3.64. The summed E-state index contributed by atoms with van der Waals surface area (Å²) >= 11 is 0. The average Bonchev–Trinajstić information content (AvgIpc) is 2.83. The van der Waals surface area contributed by atoms with Gasteiger partial charge < -0.3 is 10.6 Å². The second kappa shape index (κ2) is 5.25. The van der Waals surface area contributed by atoms with Crippen molar-refractivity contribution < 1.29 is 4.92 Å². The molecule has 18 heavy (non-hydrogen) atoms. The molecule has 0 radical (unpaired) electrons. The van der Waals surface area contributed by atoms with E-state index < -0.39 is 0 Å².